The van der Waals surface area contributed by atoms with E-state index in [4.69, 9.17) is 5.73 Å². The number of phenols is 1. The second kappa shape index (κ2) is 11.7. The molecule has 0 spiro atoms. The third kappa shape index (κ3) is 4.95. The predicted molar refractivity (Wildman–Crippen MR) is 164 cm³/mol. The number of phenolic OH excluding ortho intramolecular Hbond substituents is 1. The number of rotatable bonds is 7. The third-order valence-corrected chi connectivity index (χ3v) is 9.76. The molecule has 5 N–H and O–H groups in total. The van der Waals surface area contributed by atoms with E-state index in [-0.39, 0.29) is 30.0 Å². The minimum absolute atomic E-state index is 0.0189. The number of aliphatic hydroxyl groups is 1. The lowest BCUT2D eigenvalue weighted by Gasteiger charge is -2.52. The van der Waals surface area contributed by atoms with E-state index >= 15 is 0 Å². The fraction of sp³-hybridized carbons (Fsp3) is 0.343. The van der Waals surface area contributed by atoms with Gasteiger partial charge in [-0.3, -0.25) is 28.9 Å². The van der Waals surface area contributed by atoms with Crippen molar-refractivity contribution in [2.75, 3.05) is 14.1 Å². The van der Waals surface area contributed by atoms with Crippen molar-refractivity contribution in [2.45, 2.75) is 37.6 Å². The van der Waals surface area contributed by atoms with E-state index in [1.54, 1.807) is 26.2 Å². The third-order valence-electron chi connectivity index (χ3n) is 9.76. The first kappa shape index (κ1) is 31.4. The van der Waals surface area contributed by atoms with Crippen molar-refractivity contribution in [3.8, 4) is 16.9 Å². The summed E-state index contributed by atoms with van der Waals surface area (Å²) in [4.78, 5) is 68.4. The first-order valence-electron chi connectivity index (χ1n) is 15.1. The Bertz CT molecular complexity index is 1790. The van der Waals surface area contributed by atoms with E-state index in [0.717, 1.165) is 16.7 Å². The number of carbonyl (C=O) groups is 5. The van der Waals surface area contributed by atoms with Gasteiger partial charge in [0.1, 0.15) is 11.6 Å². The number of primary amides is 1. The van der Waals surface area contributed by atoms with Crippen LogP contribution in [-0.4, -0.2) is 69.9 Å². The van der Waals surface area contributed by atoms with Gasteiger partial charge in [0.05, 0.1) is 17.5 Å². The van der Waals surface area contributed by atoms with Gasteiger partial charge in [-0.2, -0.15) is 0 Å². The number of halogens is 1. The summed E-state index contributed by atoms with van der Waals surface area (Å²) in [5.41, 5.74) is 6.34. The van der Waals surface area contributed by atoms with Crippen molar-refractivity contribution in [3.63, 3.8) is 0 Å². The number of carbonyl (C=O) groups excluding carboxylic acids is 5. The number of Topliss-reactive ketones (excluding diaryl/α,β-unsaturated/α-hetero) is 4. The fourth-order valence-corrected chi connectivity index (χ4v) is 7.68. The van der Waals surface area contributed by atoms with E-state index in [1.807, 2.05) is 30.3 Å². The average molecular weight is 628 g/mol. The molecular weight excluding hydrogens is 593 g/mol. The number of benzene rings is 3. The lowest BCUT2D eigenvalue weighted by atomic mass is 9.52. The Morgan fingerprint density at radius 2 is 1.70 bits per heavy atom. The number of nitrogens with zero attached hydrogens (tertiary/aromatic N) is 1. The maximum absolute atomic E-state index is 14.0. The zero-order chi connectivity index (χ0) is 33.1. The summed E-state index contributed by atoms with van der Waals surface area (Å²) in [7, 11) is 3.09. The highest BCUT2D eigenvalue weighted by atomic mass is 19.1. The van der Waals surface area contributed by atoms with Crippen molar-refractivity contribution in [1.82, 2.24) is 10.2 Å². The van der Waals surface area contributed by atoms with Crippen LogP contribution in [0.5, 0.6) is 5.75 Å². The second-order valence-electron chi connectivity index (χ2n) is 12.7. The summed E-state index contributed by atoms with van der Waals surface area (Å²) in [6.45, 7) is 1.01. The van der Waals surface area contributed by atoms with E-state index in [2.05, 4.69) is 5.32 Å². The van der Waals surface area contributed by atoms with Crippen LogP contribution < -0.4 is 11.1 Å². The molecule has 6 atom stereocenters. The first-order chi connectivity index (χ1) is 21.8. The summed E-state index contributed by atoms with van der Waals surface area (Å²) in [6, 6.07) is 15.9. The van der Waals surface area contributed by atoms with Crippen molar-refractivity contribution in [1.29, 1.82) is 0 Å². The Labute approximate surface area is 264 Å². The lowest BCUT2D eigenvalue weighted by molar-refractivity contribution is -0.181. The molecule has 3 aromatic carbocycles. The molecule has 238 valence electrons. The van der Waals surface area contributed by atoms with Crippen LogP contribution in [0.4, 0.5) is 4.39 Å². The van der Waals surface area contributed by atoms with Gasteiger partial charge in [-0.05, 0) is 78.9 Å². The Morgan fingerprint density at radius 1 is 1.00 bits per heavy atom. The molecule has 0 bridgehead atoms. The molecule has 10 nitrogen and oxygen atoms in total. The van der Waals surface area contributed by atoms with Crippen LogP contribution in [0.1, 0.15) is 33.5 Å². The Balaban J connectivity index is 1.31. The van der Waals surface area contributed by atoms with Gasteiger partial charge in [0.15, 0.2) is 34.7 Å². The van der Waals surface area contributed by atoms with Crippen LogP contribution in [0, 0.1) is 29.5 Å². The monoisotopic (exact) mass is 627 g/mol. The molecule has 0 heterocycles. The quantitative estimate of drug-likeness (QED) is 0.287. The summed E-state index contributed by atoms with van der Waals surface area (Å²) >= 11 is 0. The number of nitrogens with two attached hydrogens (primary N) is 1. The van der Waals surface area contributed by atoms with Gasteiger partial charge in [0, 0.05) is 19.0 Å². The molecule has 0 saturated heterocycles. The molecule has 3 aromatic rings. The number of nitrogens with one attached hydrogen (secondary N) is 1. The number of likely N-dealkylation sites (N-methyl/N-ethyl adjacent to an activating group) is 1. The predicted octanol–water partition coefficient (Wildman–Crippen LogP) is 1.96. The first-order valence-corrected chi connectivity index (χ1v) is 15.1. The van der Waals surface area contributed by atoms with Crippen molar-refractivity contribution < 1.29 is 38.6 Å². The van der Waals surface area contributed by atoms with E-state index in [0.29, 0.717) is 24.2 Å². The fourth-order valence-electron chi connectivity index (χ4n) is 7.68. The number of ketones is 4. The highest BCUT2D eigenvalue weighted by Gasteiger charge is 2.69. The van der Waals surface area contributed by atoms with Crippen molar-refractivity contribution in [3.05, 3.63) is 88.7 Å². The number of amides is 1. The lowest BCUT2D eigenvalue weighted by Crippen LogP contribution is -2.74. The molecule has 0 radical (unpaired) electrons. The summed E-state index contributed by atoms with van der Waals surface area (Å²) < 4.78 is 13.5. The van der Waals surface area contributed by atoms with Gasteiger partial charge in [-0.15, -0.1) is 0 Å². The van der Waals surface area contributed by atoms with Crippen LogP contribution in [0.15, 0.2) is 60.7 Å². The zero-order valence-electron chi connectivity index (χ0n) is 25.3. The van der Waals surface area contributed by atoms with Crippen LogP contribution >= 0.6 is 0 Å². The molecule has 0 aromatic heterocycles. The number of fused-ring (bicyclic) bond motifs is 3. The SMILES string of the molecule is CN(C)[C@H]1C(=O)C(C(N)=O)C(=O)[C@]2(O)C(=O)C3C(=O)c4c(O)ccc(-c5ccc(CNCc6cccc(F)c6)cc5)c4C[C@@H]3C[C@H]12. The van der Waals surface area contributed by atoms with Gasteiger partial charge in [-0.25, -0.2) is 4.39 Å². The van der Waals surface area contributed by atoms with Crippen molar-refractivity contribution >= 4 is 29.0 Å². The molecule has 11 heteroatoms. The van der Waals surface area contributed by atoms with Crippen LogP contribution in [0.25, 0.3) is 11.1 Å². The Hall–Kier alpha value is -4.58. The molecular formula is C35H34FN3O7. The second-order valence-corrected chi connectivity index (χ2v) is 12.7. The number of hydrogen-bond acceptors (Lipinski definition) is 9. The summed E-state index contributed by atoms with van der Waals surface area (Å²) in [5.74, 6) is -11.1. The van der Waals surface area contributed by atoms with Crippen LogP contribution in [-0.2, 0) is 38.7 Å². The van der Waals surface area contributed by atoms with Gasteiger partial charge in [0.2, 0.25) is 5.91 Å². The van der Waals surface area contributed by atoms with Gasteiger partial charge in [0.25, 0.3) is 0 Å². The maximum atomic E-state index is 14.0. The summed E-state index contributed by atoms with van der Waals surface area (Å²) in [6.07, 6.45) is 0.154. The van der Waals surface area contributed by atoms with Gasteiger partial charge < -0.3 is 21.3 Å². The molecule has 6 rings (SSSR count). The maximum Gasteiger partial charge on any atom is 0.235 e. The smallest absolute Gasteiger partial charge is 0.235 e. The topological polar surface area (TPSA) is 167 Å². The largest absolute Gasteiger partial charge is 0.507 e. The molecule has 0 aliphatic heterocycles. The molecule has 2 unspecified atom stereocenters. The summed E-state index contributed by atoms with van der Waals surface area (Å²) in [5, 5.41) is 25.8. The van der Waals surface area contributed by atoms with E-state index in [9.17, 15) is 38.6 Å². The minimum Gasteiger partial charge on any atom is -0.507 e. The number of hydrogen-bond donors (Lipinski definition) is 4. The van der Waals surface area contributed by atoms with E-state index < -0.39 is 64.4 Å². The Morgan fingerprint density at radius 3 is 2.35 bits per heavy atom. The molecule has 1 amide bonds. The Kier molecular flexibility index (Phi) is 7.95. The molecule has 2 saturated carbocycles. The molecule has 3 aliphatic carbocycles. The van der Waals surface area contributed by atoms with Crippen LogP contribution in [0.2, 0.25) is 0 Å². The minimum atomic E-state index is -2.76. The molecule has 46 heavy (non-hydrogen) atoms. The normalized spacial score (nSPS) is 27.3. The molecule has 2 fully saturated rings. The standard InChI is InChI=1S/C35H34FN3O7/c1-39(2)29-24-14-20-13-23-22(19-8-6-17(7-9-19)15-38-16-18-4-3-5-21(36)12-18)10-11-25(40)27(23)30(41)26(20)32(43)35(24,46)33(44)28(31(29)42)34(37)45/h3-12,20,24,26,28-29,38,40,46H,13-16H2,1-2H3,(H2,37,45)/t20-,24-,26?,28?,29-,35-/m1/s1. The highest BCUT2D eigenvalue weighted by Crippen LogP contribution is 2.51. The number of aromatic hydroxyl groups is 1. The van der Waals surface area contributed by atoms with Crippen molar-refractivity contribution in [2.24, 2.45) is 29.4 Å². The average Bonchev–Trinajstić information content (AvgIpc) is 2.99. The van der Waals surface area contributed by atoms with E-state index in [1.165, 1.54) is 23.1 Å². The zero-order valence-corrected chi connectivity index (χ0v) is 25.3. The molecule has 3 aliphatic rings. The van der Waals surface area contributed by atoms with Gasteiger partial charge in [-0.1, -0.05) is 42.5 Å². The highest BCUT2D eigenvalue weighted by molar-refractivity contribution is 6.32. The van der Waals surface area contributed by atoms with Crippen LogP contribution in [0.3, 0.4) is 0 Å². The van der Waals surface area contributed by atoms with Gasteiger partial charge >= 0.3 is 0 Å².